The van der Waals surface area contributed by atoms with Gasteiger partial charge in [-0.25, -0.2) is 18.8 Å². The Balaban J connectivity index is 1.34. The first-order chi connectivity index (χ1) is 16.8. The van der Waals surface area contributed by atoms with Crippen LogP contribution in [0.5, 0.6) is 0 Å². The van der Waals surface area contributed by atoms with Crippen LogP contribution >= 0.6 is 0 Å². The minimum absolute atomic E-state index is 0.0423. The highest BCUT2D eigenvalue weighted by Gasteiger charge is 2.48. The Morgan fingerprint density at radius 3 is 2.54 bits per heavy atom. The molecule has 5 rings (SSSR count). The third-order valence-electron chi connectivity index (χ3n) is 7.03. The number of hydrogen-bond acceptors (Lipinski definition) is 9. The number of piperidine rings is 2. The van der Waals surface area contributed by atoms with Crippen molar-refractivity contribution in [2.24, 2.45) is 5.92 Å². The highest BCUT2D eigenvalue weighted by Crippen LogP contribution is 2.31. The highest BCUT2D eigenvalue weighted by atomic mass is 32.2. The van der Waals surface area contributed by atoms with E-state index in [2.05, 4.69) is 37.3 Å². The Labute approximate surface area is 206 Å². The number of aromatic nitrogens is 1. The number of hydrogen-bond donors (Lipinski definition) is 4. The third kappa shape index (κ3) is 5.07. The summed E-state index contributed by atoms with van der Waals surface area (Å²) in [4.78, 5) is 20.1. The van der Waals surface area contributed by atoms with E-state index >= 15 is 0 Å². The van der Waals surface area contributed by atoms with E-state index in [0.29, 0.717) is 12.1 Å². The summed E-state index contributed by atoms with van der Waals surface area (Å²) < 4.78 is 24.6. The van der Waals surface area contributed by atoms with Crippen LogP contribution in [-0.4, -0.2) is 69.1 Å². The fraction of sp³-hybridized carbons (Fsp3) is 0.500. The van der Waals surface area contributed by atoms with Crippen molar-refractivity contribution in [2.75, 3.05) is 41.9 Å². The maximum absolute atomic E-state index is 12.9. The molecule has 4 unspecified atom stereocenters. The van der Waals surface area contributed by atoms with Crippen molar-refractivity contribution >= 4 is 32.9 Å². The summed E-state index contributed by atoms with van der Waals surface area (Å²) in [5.74, 6) is 0.314. The van der Waals surface area contributed by atoms with Crippen LogP contribution in [-0.2, 0) is 14.6 Å². The van der Waals surface area contributed by atoms with Crippen LogP contribution in [0.4, 0.5) is 17.2 Å². The molecule has 0 spiro atoms. The van der Waals surface area contributed by atoms with Gasteiger partial charge in [-0.05, 0) is 43.5 Å². The van der Waals surface area contributed by atoms with E-state index in [4.69, 9.17) is 0 Å². The molecule has 0 saturated carbocycles. The number of carbonyl (C=O) groups is 1. The SMILES string of the molecule is CN1NC2NC(Nc3ccc(N4CCCCC4)cn3)CC(Nc3ccccc3S(C)(=O)=O)C2C1=O. The van der Waals surface area contributed by atoms with E-state index < -0.39 is 9.84 Å². The summed E-state index contributed by atoms with van der Waals surface area (Å²) in [5, 5.41) is 11.8. The Kier molecular flexibility index (Phi) is 6.56. The number of anilines is 3. The molecule has 10 nitrogen and oxygen atoms in total. The summed E-state index contributed by atoms with van der Waals surface area (Å²) in [6.07, 6.45) is 6.89. The number of benzene rings is 1. The van der Waals surface area contributed by atoms with Gasteiger partial charge >= 0.3 is 0 Å². The zero-order chi connectivity index (χ0) is 24.6. The van der Waals surface area contributed by atoms with Crippen LogP contribution in [0.25, 0.3) is 0 Å². The van der Waals surface area contributed by atoms with Gasteiger partial charge in [-0.3, -0.25) is 15.1 Å². The average Bonchev–Trinajstić information content (AvgIpc) is 3.13. The van der Waals surface area contributed by atoms with Crippen molar-refractivity contribution in [1.29, 1.82) is 0 Å². The Morgan fingerprint density at radius 1 is 1.06 bits per heavy atom. The molecule has 0 aliphatic carbocycles. The number of amides is 1. The van der Waals surface area contributed by atoms with Crippen molar-refractivity contribution in [3.05, 3.63) is 42.6 Å². The van der Waals surface area contributed by atoms with Gasteiger partial charge in [0, 0.05) is 38.9 Å². The van der Waals surface area contributed by atoms with Gasteiger partial charge in [-0.15, -0.1) is 0 Å². The lowest BCUT2D eigenvalue weighted by atomic mass is 9.88. The molecular formula is C24H33N7O3S. The van der Waals surface area contributed by atoms with Crippen LogP contribution in [0.15, 0.2) is 47.5 Å². The number of rotatable bonds is 6. The van der Waals surface area contributed by atoms with E-state index in [1.807, 2.05) is 12.3 Å². The fourth-order valence-corrected chi connectivity index (χ4v) is 6.15. The molecular weight excluding hydrogens is 466 g/mol. The smallest absolute Gasteiger partial charge is 0.244 e. The number of sulfone groups is 1. The number of nitrogens with one attached hydrogen (secondary N) is 4. The summed E-state index contributed by atoms with van der Waals surface area (Å²) in [6.45, 7) is 2.13. The monoisotopic (exact) mass is 499 g/mol. The molecule has 1 aromatic heterocycles. The van der Waals surface area contributed by atoms with Crippen molar-refractivity contribution in [2.45, 2.75) is 49.0 Å². The van der Waals surface area contributed by atoms with Crippen LogP contribution < -0.4 is 26.3 Å². The third-order valence-corrected chi connectivity index (χ3v) is 8.19. The van der Waals surface area contributed by atoms with Gasteiger partial charge in [0.2, 0.25) is 5.91 Å². The highest BCUT2D eigenvalue weighted by molar-refractivity contribution is 7.90. The molecule has 1 amide bonds. The van der Waals surface area contributed by atoms with Gasteiger partial charge < -0.3 is 15.5 Å². The van der Waals surface area contributed by atoms with Crippen molar-refractivity contribution < 1.29 is 13.2 Å². The fourth-order valence-electron chi connectivity index (χ4n) is 5.30. The molecule has 4 N–H and O–H groups in total. The van der Waals surface area contributed by atoms with Gasteiger partial charge in [-0.1, -0.05) is 12.1 Å². The lowest BCUT2D eigenvalue weighted by Crippen LogP contribution is -2.61. The van der Waals surface area contributed by atoms with Crippen LogP contribution in [0, 0.1) is 5.92 Å². The summed E-state index contributed by atoms with van der Waals surface area (Å²) in [6, 6.07) is 10.6. The number of fused-ring (bicyclic) bond motifs is 1. The standard InChI is InChI=1S/C24H33N7O3S/c1-30-24(32)22-18(26-17-8-4-5-9-19(17)35(2,33)34)14-21(28-23(22)29-30)27-20-11-10-16(15-25-20)31-12-6-3-7-13-31/h4-5,8-11,15,18,21-23,26,28-29H,3,6-7,12-14H2,1-2H3,(H,25,27). The minimum atomic E-state index is -3.42. The molecule has 3 aliphatic heterocycles. The zero-order valence-corrected chi connectivity index (χ0v) is 20.9. The second kappa shape index (κ2) is 9.63. The summed E-state index contributed by atoms with van der Waals surface area (Å²) in [5.41, 5.74) is 4.82. The van der Waals surface area contributed by atoms with Crippen molar-refractivity contribution in [1.82, 2.24) is 20.7 Å². The maximum Gasteiger partial charge on any atom is 0.244 e. The van der Waals surface area contributed by atoms with Crippen molar-refractivity contribution in [3.8, 4) is 0 Å². The molecule has 4 atom stereocenters. The first kappa shape index (κ1) is 23.8. The quantitative estimate of drug-likeness (QED) is 0.470. The Hall–Kier alpha value is -2.89. The minimum Gasteiger partial charge on any atom is -0.380 e. The number of pyridine rings is 1. The average molecular weight is 500 g/mol. The largest absolute Gasteiger partial charge is 0.380 e. The first-order valence-corrected chi connectivity index (χ1v) is 14.0. The molecule has 35 heavy (non-hydrogen) atoms. The Morgan fingerprint density at radius 2 is 1.83 bits per heavy atom. The molecule has 11 heteroatoms. The van der Waals surface area contributed by atoms with E-state index in [1.165, 1.54) is 30.5 Å². The molecule has 3 fully saturated rings. The van der Waals surface area contributed by atoms with Gasteiger partial charge in [0.25, 0.3) is 0 Å². The Bertz CT molecular complexity index is 1170. The molecule has 188 valence electrons. The topological polar surface area (TPSA) is 119 Å². The number of nitrogens with zero attached hydrogens (tertiary/aromatic N) is 3. The lowest BCUT2D eigenvalue weighted by Gasteiger charge is -2.39. The van der Waals surface area contributed by atoms with E-state index in [1.54, 1.807) is 31.3 Å². The predicted octanol–water partition coefficient (Wildman–Crippen LogP) is 1.61. The molecule has 2 aromatic rings. The summed E-state index contributed by atoms with van der Waals surface area (Å²) >= 11 is 0. The van der Waals surface area contributed by atoms with Crippen molar-refractivity contribution in [3.63, 3.8) is 0 Å². The van der Waals surface area contributed by atoms with Gasteiger partial charge in [0.15, 0.2) is 9.84 Å². The predicted molar refractivity (Wildman–Crippen MR) is 136 cm³/mol. The normalized spacial score (nSPS) is 27.0. The lowest BCUT2D eigenvalue weighted by molar-refractivity contribution is -0.131. The second-order valence-electron chi connectivity index (χ2n) is 9.60. The molecule has 0 radical (unpaired) electrons. The zero-order valence-electron chi connectivity index (χ0n) is 20.1. The molecule has 3 saturated heterocycles. The number of hydrazine groups is 1. The molecule has 0 bridgehead atoms. The van der Waals surface area contributed by atoms with E-state index in [0.717, 1.165) is 24.6 Å². The molecule has 3 aliphatic rings. The van der Waals surface area contributed by atoms with Gasteiger partial charge in [0.05, 0.1) is 40.7 Å². The number of carbonyl (C=O) groups excluding carboxylic acids is 1. The second-order valence-corrected chi connectivity index (χ2v) is 11.6. The van der Waals surface area contributed by atoms with Crippen LogP contribution in [0.1, 0.15) is 25.7 Å². The molecule has 1 aromatic carbocycles. The first-order valence-electron chi connectivity index (χ1n) is 12.1. The van der Waals surface area contributed by atoms with Crippen LogP contribution in [0.3, 0.4) is 0 Å². The van der Waals surface area contributed by atoms with E-state index in [9.17, 15) is 13.2 Å². The summed E-state index contributed by atoms with van der Waals surface area (Å²) in [7, 11) is -1.72. The van der Waals surface area contributed by atoms with Gasteiger partial charge in [-0.2, -0.15) is 0 Å². The maximum atomic E-state index is 12.9. The number of para-hydroxylation sites is 1. The van der Waals surface area contributed by atoms with Crippen LogP contribution in [0.2, 0.25) is 0 Å². The van der Waals surface area contributed by atoms with Gasteiger partial charge in [0.1, 0.15) is 5.82 Å². The van der Waals surface area contributed by atoms with E-state index in [-0.39, 0.29) is 35.1 Å². The molecule has 4 heterocycles.